The van der Waals surface area contributed by atoms with Gasteiger partial charge in [0.2, 0.25) is 0 Å². The number of unbranched alkanes of at least 4 members (excludes halogenated alkanes) is 5. The van der Waals surface area contributed by atoms with Crippen LogP contribution in [0, 0.1) is 0 Å². The number of alkyl halides is 3. The highest BCUT2D eigenvalue weighted by molar-refractivity contribution is 6.62. The van der Waals surface area contributed by atoms with Crippen LogP contribution in [0.15, 0.2) is 18.2 Å². The highest BCUT2D eigenvalue weighted by atomic mass is 19.4. The van der Waals surface area contributed by atoms with Gasteiger partial charge >= 0.3 is 13.3 Å². The lowest BCUT2D eigenvalue weighted by Crippen LogP contribution is -2.41. The SMILES string of the molecule is CCCCCCCCOc1ccc(B2OC(C)(C)C(C)(C)O2)cc1C(F)(F)F. The third-order valence-corrected chi connectivity index (χ3v) is 5.59. The molecule has 2 rings (SSSR count). The molecule has 0 unspecified atom stereocenters. The van der Waals surface area contributed by atoms with Gasteiger partial charge in [-0.1, -0.05) is 45.1 Å². The first-order valence-electron chi connectivity index (χ1n) is 10.2. The summed E-state index contributed by atoms with van der Waals surface area (Å²) in [5.41, 5.74) is -1.66. The first-order valence-corrected chi connectivity index (χ1v) is 10.2. The molecule has 1 aromatic rings. The van der Waals surface area contributed by atoms with Crippen LogP contribution >= 0.6 is 0 Å². The lowest BCUT2D eigenvalue weighted by atomic mass is 9.78. The number of hydrogen-bond donors (Lipinski definition) is 0. The third-order valence-electron chi connectivity index (χ3n) is 5.59. The first kappa shape index (κ1) is 23.1. The molecule has 1 heterocycles. The lowest BCUT2D eigenvalue weighted by molar-refractivity contribution is -0.138. The summed E-state index contributed by atoms with van der Waals surface area (Å²) in [5, 5.41) is 0. The Morgan fingerprint density at radius 2 is 1.50 bits per heavy atom. The summed E-state index contributed by atoms with van der Waals surface area (Å²) in [5.74, 6) is -0.138. The van der Waals surface area contributed by atoms with E-state index in [1.54, 1.807) is 6.07 Å². The zero-order valence-electron chi connectivity index (χ0n) is 17.6. The van der Waals surface area contributed by atoms with Crippen molar-refractivity contribution in [3.8, 4) is 5.75 Å². The molecule has 1 saturated heterocycles. The molecule has 28 heavy (non-hydrogen) atoms. The van der Waals surface area contributed by atoms with Crippen LogP contribution in [-0.4, -0.2) is 24.9 Å². The molecule has 0 N–H and O–H groups in total. The average Bonchev–Trinajstić information content (AvgIpc) is 2.81. The van der Waals surface area contributed by atoms with Gasteiger partial charge in [-0.3, -0.25) is 0 Å². The van der Waals surface area contributed by atoms with E-state index >= 15 is 0 Å². The normalized spacial score (nSPS) is 18.5. The quantitative estimate of drug-likeness (QED) is 0.391. The van der Waals surface area contributed by atoms with Crippen LogP contribution in [0.5, 0.6) is 5.75 Å². The Morgan fingerprint density at radius 3 is 2.07 bits per heavy atom. The second-order valence-electron chi connectivity index (χ2n) is 8.46. The van der Waals surface area contributed by atoms with Gasteiger partial charge in [0.1, 0.15) is 5.75 Å². The van der Waals surface area contributed by atoms with Gasteiger partial charge in [-0.25, -0.2) is 0 Å². The minimum absolute atomic E-state index is 0.138. The van der Waals surface area contributed by atoms with Crippen molar-refractivity contribution in [2.24, 2.45) is 0 Å². The van der Waals surface area contributed by atoms with E-state index < -0.39 is 30.1 Å². The average molecular weight is 400 g/mol. The van der Waals surface area contributed by atoms with Crippen molar-refractivity contribution >= 4 is 12.6 Å². The molecule has 0 radical (unpaired) electrons. The van der Waals surface area contributed by atoms with Crippen LogP contribution in [0.1, 0.15) is 78.7 Å². The van der Waals surface area contributed by atoms with Gasteiger partial charge in [0.05, 0.1) is 23.4 Å². The number of halogens is 3. The lowest BCUT2D eigenvalue weighted by Gasteiger charge is -2.32. The fourth-order valence-electron chi connectivity index (χ4n) is 3.09. The summed E-state index contributed by atoms with van der Waals surface area (Å²) >= 11 is 0. The predicted molar refractivity (Wildman–Crippen MR) is 106 cm³/mol. The van der Waals surface area contributed by atoms with Crippen LogP contribution in [0.25, 0.3) is 0 Å². The molecular formula is C21H32BF3O3. The molecule has 0 saturated carbocycles. The van der Waals surface area contributed by atoms with Crippen molar-refractivity contribution in [2.45, 2.75) is 90.5 Å². The molecule has 7 heteroatoms. The Morgan fingerprint density at radius 1 is 0.929 bits per heavy atom. The maximum absolute atomic E-state index is 13.6. The number of ether oxygens (including phenoxy) is 1. The maximum Gasteiger partial charge on any atom is 0.494 e. The third kappa shape index (κ3) is 5.66. The van der Waals surface area contributed by atoms with E-state index in [2.05, 4.69) is 6.92 Å². The molecule has 0 aliphatic carbocycles. The summed E-state index contributed by atoms with van der Waals surface area (Å²) in [6, 6.07) is 4.05. The first-order chi connectivity index (χ1) is 13.0. The fourth-order valence-corrected chi connectivity index (χ4v) is 3.09. The molecule has 0 bridgehead atoms. The Hall–Kier alpha value is -1.21. The maximum atomic E-state index is 13.6. The predicted octanol–water partition coefficient (Wildman–Crippen LogP) is 5.74. The molecule has 0 spiro atoms. The molecule has 1 aliphatic rings. The van der Waals surface area contributed by atoms with Crippen molar-refractivity contribution in [2.75, 3.05) is 6.61 Å². The van der Waals surface area contributed by atoms with Crippen LogP contribution < -0.4 is 10.2 Å². The van der Waals surface area contributed by atoms with Crippen molar-refractivity contribution < 1.29 is 27.2 Å². The summed E-state index contributed by atoms with van der Waals surface area (Å²) < 4.78 is 57.9. The summed E-state index contributed by atoms with van der Waals surface area (Å²) in [6.07, 6.45) is 1.82. The molecule has 3 nitrogen and oxygen atoms in total. The minimum Gasteiger partial charge on any atom is -0.493 e. The van der Waals surface area contributed by atoms with E-state index in [4.69, 9.17) is 14.0 Å². The van der Waals surface area contributed by atoms with Crippen LogP contribution in [0.3, 0.4) is 0 Å². The highest BCUT2D eigenvalue weighted by Crippen LogP contribution is 2.39. The van der Waals surface area contributed by atoms with Gasteiger partial charge in [0.15, 0.2) is 0 Å². The molecule has 1 aromatic carbocycles. The fraction of sp³-hybridized carbons (Fsp3) is 0.714. The Balaban J connectivity index is 2.06. The van der Waals surface area contributed by atoms with Gasteiger partial charge in [-0.05, 0) is 51.7 Å². The number of rotatable bonds is 9. The van der Waals surface area contributed by atoms with Gasteiger partial charge < -0.3 is 14.0 Å². The topological polar surface area (TPSA) is 27.7 Å². The van der Waals surface area contributed by atoms with Crippen molar-refractivity contribution in [1.29, 1.82) is 0 Å². The monoisotopic (exact) mass is 400 g/mol. The Kier molecular flexibility index (Phi) is 7.48. The number of hydrogen-bond acceptors (Lipinski definition) is 3. The minimum atomic E-state index is -4.50. The zero-order valence-corrected chi connectivity index (χ0v) is 17.6. The van der Waals surface area contributed by atoms with E-state index in [1.807, 2.05) is 27.7 Å². The van der Waals surface area contributed by atoms with Crippen molar-refractivity contribution in [1.82, 2.24) is 0 Å². The standard InChI is InChI=1S/C21H32BF3O3/c1-6-7-8-9-10-11-14-26-18-13-12-16(15-17(18)21(23,24)25)22-27-19(2,3)20(4,5)28-22/h12-13,15H,6-11,14H2,1-5H3. The smallest absolute Gasteiger partial charge is 0.493 e. The molecular weight excluding hydrogens is 368 g/mol. The van der Waals surface area contributed by atoms with E-state index in [1.165, 1.54) is 18.9 Å². The van der Waals surface area contributed by atoms with Crippen molar-refractivity contribution in [3.63, 3.8) is 0 Å². The van der Waals surface area contributed by atoms with Crippen molar-refractivity contribution in [3.05, 3.63) is 23.8 Å². The molecule has 0 amide bonds. The summed E-state index contributed by atoms with van der Waals surface area (Å²) in [4.78, 5) is 0. The second-order valence-corrected chi connectivity index (χ2v) is 8.46. The van der Waals surface area contributed by atoms with Gasteiger partial charge in [-0.2, -0.15) is 13.2 Å². The van der Waals surface area contributed by atoms with Crippen LogP contribution in [-0.2, 0) is 15.5 Å². The molecule has 0 atom stereocenters. The van der Waals surface area contributed by atoms with Crippen LogP contribution in [0.4, 0.5) is 13.2 Å². The Bertz CT molecular complexity index is 628. The largest absolute Gasteiger partial charge is 0.494 e. The molecule has 0 aromatic heterocycles. The van der Waals surface area contributed by atoms with Crippen LogP contribution in [0.2, 0.25) is 0 Å². The number of benzene rings is 1. The summed E-state index contributed by atoms with van der Waals surface area (Å²) in [6.45, 7) is 9.91. The van der Waals surface area contributed by atoms with E-state index in [0.29, 0.717) is 5.46 Å². The molecule has 1 aliphatic heterocycles. The van der Waals surface area contributed by atoms with Gasteiger partial charge in [0, 0.05) is 0 Å². The van der Waals surface area contributed by atoms with E-state index in [-0.39, 0.29) is 12.4 Å². The summed E-state index contributed by atoms with van der Waals surface area (Å²) in [7, 11) is -0.835. The van der Waals surface area contributed by atoms with E-state index in [9.17, 15) is 13.2 Å². The molecule has 158 valence electrons. The van der Waals surface area contributed by atoms with Gasteiger partial charge in [0.25, 0.3) is 0 Å². The zero-order chi connectivity index (χ0) is 21.0. The van der Waals surface area contributed by atoms with Gasteiger partial charge in [-0.15, -0.1) is 0 Å². The Labute approximate surface area is 167 Å². The highest BCUT2D eigenvalue weighted by Gasteiger charge is 2.52. The second kappa shape index (κ2) is 9.08. The van der Waals surface area contributed by atoms with E-state index in [0.717, 1.165) is 31.7 Å². The molecule has 1 fully saturated rings.